The lowest BCUT2D eigenvalue weighted by Gasteiger charge is -2.41. The van der Waals surface area contributed by atoms with Crippen molar-refractivity contribution < 1.29 is 41.8 Å². The molecule has 0 spiro atoms. The van der Waals surface area contributed by atoms with Crippen LogP contribution in [0.3, 0.4) is 0 Å². The molecule has 180 valence electrons. The molecular weight excluding hydrogens is 433 g/mol. The fourth-order valence-electron chi connectivity index (χ4n) is 4.56. The molecule has 32 heavy (non-hydrogen) atoms. The average Bonchev–Trinajstić information content (AvgIpc) is 3.43. The number of alkyl halides is 3. The Bertz CT molecular complexity index is 736. The van der Waals surface area contributed by atoms with Gasteiger partial charge in [-0.1, -0.05) is 0 Å². The zero-order chi connectivity index (χ0) is 23.1. The van der Waals surface area contributed by atoms with E-state index >= 15 is 0 Å². The quantitative estimate of drug-likeness (QED) is 0.694. The molecule has 3 heterocycles. The van der Waals surface area contributed by atoms with Crippen LogP contribution in [0.1, 0.15) is 36.2 Å². The molecule has 3 aliphatic rings. The molecule has 1 aromatic heterocycles. The SMILES string of the molecule is O=C(NCC1CCC2C1OCCN2CC1CCOCC1)c1ccco1.O=C(O)C(F)(F)F. The maximum Gasteiger partial charge on any atom is 0.490 e. The smallest absolute Gasteiger partial charge is 0.475 e. The number of rotatable bonds is 5. The minimum absolute atomic E-state index is 0.136. The Balaban J connectivity index is 0.000000360. The Labute approximate surface area is 184 Å². The predicted octanol–water partition coefficient (Wildman–Crippen LogP) is 2.55. The number of carboxylic acids is 1. The van der Waals surface area contributed by atoms with Crippen LogP contribution >= 0.6 is 0 Å². The Morgan fingerprint density at radius 3 is 2.50 bits per heavy atom. The van der Waals surface area contributed by atoms with Gasteiger partial charge in [-0.15, -0.1) is 0 Å². The van der Waals surface area contributed by atoms with Gasteiger partial charge >= 0.3 is 12.1 Å². The van der Waals surface area contributed by atoms with Crippen molar-refractivity contribution in [2.45, 2.75) is 44.0 Å². The molecule has 1 amide bonds. The number of carbonyl (C=O) groups excluding carboxylic acids is 1. The van der Waals surface area contributed by atoms with Crippen LogP contribution in [0.15, 0.2) is 22.8 Å². The fraction of sp³-hybridized carbons (Fsp3) is 0.714. The number of amides is 1. The van der Waals surface area contributed by atoms with Gasteiger partial charge in [0.15, 0.2) is 5.76 Å². The maximum atomic E-state index is 12.1. The third kappa shape index (κ3) is 6.69. The van der Waals surface area contributed by atoms with E-state index in [0.29, 0.717) is 24.3 Å². The molecule has 4 rings (SSSR count). The molecule has 1 saturated carbocycles. The molecule has 11 heteroatoms. The molecule has 1 aliphatic carbocycles. The lowest BCUT2D eigenvalue weighted by atomic mass is 9.97. The zero-order valence-electron chi connectivity index (χ0n) is 17.7. The highest BCUT2D eigenvalue weighted by Gasteiger charge is 2.43. The van der Waals surface area contributed by atoms with E-state index in [1.165, 1.54) is 25.6 Å². The van der Waals surface area contributed by atoms with E-state index in [1.807, 2.05) is 0 Å². The van der Waals surface area contributed by atoms with Crippen molar-refractivity contribution in [1.82, 2.24) is 10.2 Å². The summed E-state index contributed by atoms with van der Waals surface area (Å²) in [4.78, 5) is 23.6. The van der Waals surface area contributed by atoms with Crippen LogP contribution in [-0.2, 0) is 14.3 Å². The lowest BCUT2D eigenvalue weighted by molar-refractivity contribution is -0.192. The normalized spacial score (nSPS) is 26.7. The summed E-state index contributed by atoms with van der Waals surface area (Å²) in [6.07, 6.45) is 1.31. The molecular formula is C21H29F3N2O6. The van der Waals surface area contributed by atoms with E-state index in [-0.39, 0.29) is 12.0 Å². The molecule has 0 aromatic carbocycles. The van der Waals surface area contributed by atoms with Gasteiger partial charge in [0.2, 0.25) is 0 Å². The number of ether oxygens (including phenoxy) is 2. The molecule has 3 atom stereocenters. The Kier molecular flexibility index (Phi) is 8.55. The summed E-state index contributed by atoms with van der Waals surface area (Å²) in [6, 6.07) is 3.93. The summed E-state index contributed by atoms with van der Waals surface area (Å²) in [5.74, 6) is -1.37. The van der Waals surface area contributed by atoms with E-state index in [0.717, 1.165) is 45.1 Å². The number of nitrogens with one attached hydrogen (secondary N) is 1. The number of morpholine rings is 1. The second-order valence-corrected chi connectivity index (χ2v) is 8.28. The third-order valence-corrected chi connectivity index (χ3v) is 6.18. The van der Waals surface area contributed by atoms with Gasteiger partial charge in [-0.3, -0.25) is 9.69 Å². The van der Waals surface area contributed by atoms with Crippen molar-refractivity contribution in [2.24, 2.45) is 11.8 Å². The second kappa shape index (κ2) is 11.2. The van der Waals surface area contributed by atoms with Crippen molar-refractivity contribution in [1.29, 1.82) is 0 Å². The molecule has 0 bridgehead atoms. The molecule has 3 unspecified atom stereocenters. The highest BCUT2D eigenvalue weighted by atomic mass is 19.4. The largest absolute Gasteiger partial charge is 0.490 e. The van der Waals surface area contributed by atoms with Gasteiger partial charge in [0.1, 0.15) is 0 Å². The van der Waals surface area contributed by atoms with Crippen molar-refractivity contribution in [3.05, 3.63) is 24.2 Å². The highest BCUT2D eigenvalue weighted by Crippen LogP contribution is 2.35. The first-order chi connectivity index (χ1) is 15.3. The summed E-state index contributed by atoms with van der Waals surface area (Å²) in [5.41, 5.74) is 0. The van der Waals surface area contributed by atoms with Crippen LogP contribution in [0, 0.1) is 11.8 Å². The van der Waals surface area contributed by atoms with Crippen molar-refractivity contribution >= 4 is 11.9 Å². The van der Waals surface area contributed by atoms with Gasteiger partial charge in [-0.2, -0.15) is 13.2 Å². The number of halogens is 3. The summed E-state index contributed by atoms with van der Waals surface area (Å²) in [5, 5.41) is 10.1. The van der Waals surface area contributed by atoms with Crippen LogP contribution in [0.5, 0.6) is 0 Å². The number of nitrogens with zero attached hydrogens (tertiary/aromatic N) is 1. The summed E-state index contributed by atoms with van der Waals surface area (Å²) in [7, 11) is 0. The van der Waals surface area contributed by atoms with Gasteiger partial charge < -0.3 is 24.3 Å². The van der Waals surface area contributed by atoms with E-state index in [4.69, 9.17) is 23.8 Å². The molecule has 1 aromatic rings. The van der Waals surface area contributed by atoms with Crippen molar-refractivity contribution in [2.75, 3.05) is 39.5 Å². The van der Waals surface area contributed by atoms with E-state index in [9.17, 15) is 18.0 Å². The first kappa shape index (κ1) is 24.5. The van der Waals surface area contributed by atoms with Gasteiger partial charge in [-0.25, -0.2) is 4.79 Å². The highest BCUT2D eigenvalue weighted by molar-refractivity contribution is 5.91. The monoisotopic (exact) mass is 462 g/mol. The molecule has 3 fully saturated rings. The van der Waals surface area contributed by atoms with Crippen LogP contribution in [0.2, 0.25) is 0 Å². The maximum absolute atomic E-state index is 12.1. The number of fused-ring (bicyclic) bond motifs is 1. The Morgan fingerprint density at radius 2 is 1.88 bits per heavy atom. The van der Waals surface area contributed by atoms with Gasteiger partial charge in [0.05, 0.1) is 19.0 Å². The predicted molar refractivity (Wildman–Crippen MR) is 106 cm³/mol. The van der Waals surface area contributed by atoms with Crippen molar-refractivity contribution in [3.63, 3.8) is 0 Å². The fourth-order valence-corrected chi connectivity index (χ4v) is 4.56. The molecule has 8 nitrogen and oxygen atoms in total. The average molecular weight is 462 g/mol. The zero-order valence-corrected chi connectivity index (χ0v) is 17.7. The third-order valence-electron chi connectivity index (χ3n) is 6.18. The first-order valence-corrected chi connectivity index (χ1v) is 10.8. The number of carboxylic acid groups (broad SMARTS) is 1. The summed E-state index contributed by atoms with van der Waals surface area (Å²) in [6.45, 7) is 5.47. The second-order valence-electron chi connectivity index (χ2n) is 8.28. The van der Waals surface area contributed by atoms with E-state index < -0.39 is 12.1 Å². The number of carbonyl (C=O) groups is 2. The Hall–Kier alpha value is -2.11. The first-order valence-electron chi connectivity index (χ1n) is 10.8. The van der Waals surface area contributed by atoms with Crippen molar-refractivity contribution in [3.8, 4) is 0 Å². The molecule has 2 aliphatic heterocycles. The molecule has 2 N–H and O–H groups in total. The van der Waals surface area contributed by atoms with E-state index in [2.05, 4.69) is 10.2 Å². The van der Waals surface area contributed by atoms with Gasteiger partial charge in [0, 0.05) is 44.8 Å². The standard InChI is InChI=1S/C19H28N2O4.C2HF3O2/c22-19(17-2-1-8-24-17)20-12-15-3-4-16-18(15)25-11-7-21(16)13-14-5-9-23-10-6-14;3-2(4,5)1(6)7/h1-2,8,14-16,18H,3-7,9-13H2,(H,20,22);(H,6,7). The van der Waals surface area contributed by atoms with Crippen LogP contribution in [0.25, 0.3) is 0 Å². The minimum Gasteiger partial charge on any atom is -0.475 e. The molecule has 2 saturated heterocycles. The summed E-state index contributed by atoms with van der Waals surface area (Å²) < 4.78 is 48.5. The lowest BCUT2D eigenvalue weighted by Crippen LogP contribution is -2.52. The van der Waals surface area contributed by atoms with Crippen LogP contribution in [-0.4, -0.2) is 79.7 Å². The van der Waals surface area contributed by atoms with Crippen LogP contribution in [0.4, 0.5) is 13.2 Å². The number of aliphatic carboxylic acids is 1. The number of hydrogen-bond acceptors (Lipinski definition) is 6. The van der Waals surface area contributed by atoms with E-state index in [1.54, 1.807) is 12.1 Å². The van der Waals surface area contributed by atoms with Gasteiger partial charge in [-0.05, 0) is 43.7 Å². The number of furan rings is 1. The topological polar surface area (TPSA) is 101 Å². The summed E-state index contributed by atoms with van der Waals surface area (Å²) >= 11 is 0. The number of hydrogen-bond donors (Lipinski definition) is 2. The Morgan fingerprint density at radius 1 is 1.16 bits per heavy atom. The minimum atomic E-state index is -5.08. The molecule has 0 radical (unpaired) electrons. The van der Waals surface area contributed by atoms with Gasteiger partial charge in [0.25, 0.3) is 5.91 Å². The van der Waals surface area contributed by atoms with Crippen LogP contribution < -0.4 is 5.32 Å².